The highest BCUT2D eigenvalue weighted by Gasteiger charge is 2.32. The Bertz CT molecular complexity index is 177. The van der Waals surface area contributed by atoms with Crippen molar-refractivity contribution in [1.29, 1.82) is 0 Å². The van der Waals surface area contributed by atoms with Crippen molar-refractivity contribution in [3.05, 3.63) is 0 Å². The third-order valence-electron chi connectivity index (χ3n) is 1.53. The van der Waals surface area contributed by atoms with Crippen LogP contribution in [0.1, 0.15) is 20.8 Å². The van der Waals surface area contributed by atoms with E-state index in [-0.39, 0.29) is 11.4 Å². The molecule has 1 rings (SSSR count). The van der Waals surface area contributed by atoms with Gasteiger partial charge < -0.3 is 9.84 Å². The predicted molar refractivity (Wildman–Crippen MR) is 43.4 cm³/mol. The SMILES string of the molecule is CC(C)(C)OC(O)N1CC(=O)C1. The maximum atomic E-state index is 10.6. The van der Waals surface area contributed by atoms with E-state index in [1.807, 2.05) is 20.8 Å². The average Bonchev–Trinajstić information content (AvgIpc) is 1.76. The van der Waals surface area contributed by atoms with Gasteiger partial charge in [-0.15, -0.1) is 0 Å². The molecule has 1 unspecified atom stereocenters. The maximum absolute atomic E-state index is 10.6. The van der Waals surface area contributed by atoms with E-state index in [1.54, 1.807) is 4.90 Å². The monoisotopic (exact) mass is 173 g/mol. The zero-order chi connectivity index (χ0) is 9.35. The number of ketones is 1. The highest BCUT2D eigenvalue weighted by molar-refractivity contribution is 5.87. The first-order chi connectivity index (χ1) is 5.38. The summed E-state index contributed by atoms with van der Waals surface area (Å²) in [5, 5.41) is 9.37. The van der Waals surface area contributed by atoms with Crippen LogP contribution in [0.15, 0.2) is 0 Å². The molecular weight excluding hydrogens is 158 g/mol. The van der Waals surface area contributed by atoms with Crippen LogP contribution < -0.4 is 0 Å². The summed E-state index contributed by atoms with van der Waals surface area (Å²) in [5.41, 5.74) is -0.377. The summed E-state index contributed by atoms with van der Waals surface area (Å²) in [5.74, 6) is 0.145. The molecule has 0 amide bonds. The highest BCUT2D eigenvalue weighted by atomic mass is 16.6. The molecule has 0 saturated carbocycles. The van der Waals surface area contributed by atoms with Gasteiger partial charge in [0.25, 0.3) is 0 Å². The van der Waals surface area contributed by atoms with E-state index in [2.05, 4.69) is 0 Å². The molecule has 4 heteroatoms. The Morgan fingerprint density at radius 2 is 2.00 bits per heavy atom. The summed E-state index contributed by atoms with van der Waals surface area (Å²) < 4.78 is 5.22. The summed E-state index contributed by atoms with van der Waals surface area (Å²) in [6.45, 7) is 6.18. The lowest BCUT2D eigenvalue weighted by molar-refractivity contribution is -0.247. The predicted octanol–water partition coefficient (Wildman–Crippen LogP) is -0.0379. The molecule has 1 saturated heterocycles. The second kappa shape index (κ2) is 3.12. The van der Waals surface area contributed by atoms with Gasteiger partial charge in [-0.05, 0) is 20.8 Å². The van der Waals surface area contributed by atoms with E-state index in [1.165, 1.54) is 0 Å². The Hall–Kier alpha value is -0.450. The summed E-state index contributed by atoms with van der Waals surface area (Å²) >= 11 is 0. The summed E-state index contributed by atoms with van der Waals surface area (Å²) in [6.07, 6.45) is -0.942. The quantitative estimate of drug-likeness (QED) is 0.595. The smallest absolute Gasteiger partial charge is 0.217 e. The summed E-state index contributed by atoms with van der Waals surface area (Å²) in [4.78, 5) is 12.1. The second-order valence-electron chi connectivity index (χ2n) is 4.00. The molecule has 1 N–H and O–H groups in total. The van der Waals surface area contributed by atoms with Crippen LogP contribution in [0.3, 0.4) is 0 Å². The molecule has 70 valence electrons. The standard InChI is InChI=1S/C8H15NO3/c1-8(2,3)12-7(11)9-4-6(10)5-9/h7,11H,4-5H2,1-3H3. The molecule has 4 nitrogen and oxygen atoms in total. The lowest BCUT2D eigenvalue weighted by Crippen LogP contribution is -2.55. The fourth-order valence-electron chi connectivity index (χ4n) is 0.954. The van der Waals surface area contributed by atoms with Crippen LogP contribution in [0.4, 0.5) is 0 Å². The van der Waals surface area contributed by atoms with Gasteiger partial charge in [0, 0.05) is 0 Å². The number of hydrogen-bond acceptors (Lipinski definition) is 4. The topological polar surface area (TPSA) is 49.8 Å². The number of aliphatic hydroxyl groups is 1. The fraction of sp³-hybridized carbons (Fsp3) is 0.875. The van der Waals surface area contributed by atoms with Gasteiger partial charge in [0.05, 0.1) is 18.7 Å². The molecule has 1 fully saturated rings. The minimum Gasteiger partial charge on any atom is -0.356 e. The van der Waals surface area contributed by atoms with Crippen molar-refractivity contribution in [2.75, 3.05) is 13.1 Å². The Labute approximate surface area is 72.1 Å². The lowest BCUT2D eigenvalue weighted by atomic mass is 10.2. The molecule has 1 aliphatic heterocycles. The number of Topliss-reactive ketones (excluding diaryl/α,β-unsaturated/α-hetero) is 1. The first-order valence-electron chi connectivity index (χ1n) is 4.00. The van der Waals surface area contributed by atoms with Gasteiger partial charge in [0.1, 0.15) is 0 Å². The highest BCUT2D eigenvalue weighted by Crippen LogP contribution is 2.15. The van der Waals surface area contributed by atoms with Crippen LogP contribution in [0.2, 0.25) is 0 Å². The molecule has 0 bridgehead atoms. The van der Waals surface area contributed by atoms with Gasteiger partial charge in [-0.2, -0.15) is 0 Å². The summed E-state index contributed by atoms with van der Waals surface area (Å²) in [7, 11) is 0. The third kappa shape index (κ3) is 2.55. The molecule has 12 heavy (non-hydrogen) atoms. The Kier molecular flexibility index (Phi) is 2.51. The zero-order valence-corrected chi connectivity index (χ0v) is 7.70. The number of likely N-dealkylation sites (tertiary alicyclic amines) is 1. The van der Waals surface area contributed by atoms with Gasteiger partial charge in [-0.3, -0.25) is 4.79 Å². The molecule has 0 aliphatic carbocycles. The van der Waals surface area contributed by atoms with Crippen LogP contribution in [0.5, 0.6) is 0 Å². The van der Waals surface area contributed by atoms with Gasteiger partial charge in [0.15, 0.2) is 5.78 Å². The maximum Gasteiger partial charge on any atom is 0.217 e. The van der Waals surface area contributed by atoms with Gasteiger partial charge in [0.2, 0.25) is 6.41 Å². The Balaban J connectivity index is 2.30. The van der Waals surface area contributed by atoms with E-state index in [0.29, 0.717) is 13.1 Å². The Morgan fingerprint density at radius 1 is 1.50 bits per heavy atom. The van der Waals surface area contributed by atoms with Gasteiger partial charge >= 0.3 is 0 Å². The normalized spacial score (nSPS) is 22.2. The van der Waals surface area contributed by atoms with E-state index in [9.17, 15) is 9.90 Å². The largest absolute Gasteiger partial charge is 0.356 e. The van der Waals surface area contributed by atoms with Crippen molar-refractivity contribution in [2.24, 2.45) is 0 Å². The summed E-state index contributed by atoms with van der Waals surface area (Å²) in [6, 6.07) is 0. The molecule has 1 aliphatic rings. The first-order valence-corrected chi connectivity index (χ1v) is 4.00. The molecule has 0 radical (unpaired) electrons. The van der Waals surface area contributed by atoms with Crippen LogP contribution in [0.25, 0.3) is 0 Å². The van der Waals surface area contributed by atoms with Crippen LogP contribution >= 0.6 is 0 Å². The van der Waals surface area contributed by atoms with Gasteiger partial charge in [-0.25, -0.2) is 4.90 Å². The second-order valence-corrected chi connectivity index (χ2v) is 4.00. The number of aliphatic hydroxyl groups excluding tert-OH is 1. The van der Waals surface area contributed by atoms with Crippen LogP contribution in [-0.4, -0.2) is 40.9 Å². The zero-order valence-electron chi connectivity index (χ0n) is 7.70. The molecule has 1 heterocycles. The van der Waals surface area contributed by atoms with Crippen LogP contribution in [-0.2, 0) is 9.53 Å². The van der Waals surface area contributed by atoms with Crippen molar-refractivity contribution in [3.63, 3.8) is 0 Å². The van der Waals surface area contributed by atoms with Crippen molar-refractivity contribution >= 4 is 5.78 Å². The lowest BCUT2D eigenvalue weighted by Gasteiger charge is -2.36. The molecular formula is C8H15NO3. The number of rotatable bonds is 2. The minimum atomic E-state index is -0.942. The van der Waals surface area contributed by atoms with Crippen molar-refractivity contribution in [3.8, 4) is 0 Å². The number of hydrogen-bond donors (Lipinski definition) is 1. The molecule has 1 atom stereocenters. The van der Waals surface area contributed by atoms with E-state index in [4.69, 9.17) is 4.74 Å². The fourth-order valence-corrected chi connectivity index (χ4v) is 0.954. The molecule has 0 aromatic carbocycles. The van der Waals surface area contributed by atoms with Crippen LogP contribution in [0, 0.1) is 0 Å². The average molecular weight is 173 g/mol. The van der Waals surface area contributed by atoms with E-state index >= 15 is 0 Å². The third-order valence-corrected chi connectivity index (χ3v) is 1.53. The van der Waals surface area contributed by atoms with Crippen molar-refractivity contribution in [2.45, 2.75) is 32.8 Å². The molecule has 0 aromatic rings. The number of carbonyl (C=O) groups excluding carboxylic acids is 1. The number of nitrogens with zero attached hydrogens (tertiary/aromatic N) is 1. The van der Waals surface area contributed by atoms with Crippen molar-refractivity contribution in [1.82, 2.24) is 4.90 Å². The molecule has 0 spiro atoms. The molecule has 0 aromatic heterocycles. The number of ether oxygens (including phenoxy) is 1. The van der Waals surface area contributed by atoms with Crippen molar-refractivity contribution < 1.29 is 14.6 Å². The van der Waals surface area contributed by atoms with E-state index < -0.39 is 6.41 Å². The minimum absolute atomic E-state index is 0.145. The van der Waals surface area contributed by atoms with Gasteiger partial charge in [-0.1, -0.05) is 0 Å². The number of carbonyl (C=O) groups is 1. The van der Waals surface area contributed by atoms with E-state index in [0.717, 1.165) is 0 Å². The Morgan fingerprint density at radius 3 is 2.33 bits per heavy atom. The first kappa shape index (κ1) is 9.64.